The fourth-order valence-corrected chi connectivity index (χ4v) is 1.45. The molecular weight excluding hydrogens is 241 g/mol. The van der Waals surface area contributed by atoms with Gasteiger partial charge in [0.1, 0.15) is 0 Å². The van der Waals surface area contributed by atoms with E-state index in [-0.39, 0.29) is 15.6 Å². The van der Waals surface area contributed by atoms with Gasteiger partial charge in [0.05, 0.1) is 15.6 Å². The van der Waals surface area contributed by atoms with E-state index in [0.717, 1.165) is 6.92 Å². The predicted molar refractivity (Wildman–Crippen MR) is 55.7 cm³/mol. The number of rotatable bonds is 1. The van der Waals surface area contributed by atoms with Gasteiger partial charge >= 0.3 is 5.97 Å². The topological polar surface area (TPSA) is 55.4 Å². The summed E-state index contributed by atoms with van der Waals surface area (Å²) >= 11 is 11.5. The third-order valence-electron chi connectivity index (χ3n) is 1.48. The predicted octanol–water partition coefficient (Wildman–Crippen LogP) is 2.20. The first-order valence-corrected chi connectivity index (χ1v) is 4.69. The average molecular weight is 248 g/mol. The second-order valence-electron chi connectivity index (χ2n) is 2.62. The van der Waals surface area contributed by atoms with Crippen LogP contribution in [0.3, 0.4) is 0 Å². The zero-order valence-electron chi connectivity index (χ0n) is 7.71. The summed E-state index contributed by atoms with van der Waals surface area (Å²) < 4.78 is 0. The van der Waals surface area contributed by atoms with Crippen LogP contribution in [0.5, 0.6) is 0 Å². The molecule has 0 aliphatic rings. The molecule has 80 valence electrons. The normalized spacial score (nSPS) is 9.53. The summed E-state index contributed by atoms with van der Waals surface area (Å²) in [5.41, 5.74) is 1.99. The molecule has 0 bridgehead atoms. The van der Waals surface area contributed by atoms with E-state index in [2.05, 4.69) is 4.84 Å². The first-order valence-electron chi connectivity index (χ1n) is 3.94. The highest BCUT2D eigenvalue weighted by Gasteiger charge is 2.14. The van der Waals surface area contributed by atoms with Crippen molar-refractivity contribution in [1.82, 2.24) is 5.48 Å². The van der Waals surface area contributed by atoms with Crippen molar-refractivity contribution in [2.24, 2.45) is 0 Å². The van der Waals surface area contributed by atoms with Gasteiger partial charge in [-0.1, -0.05) is 29.3 Å². The van der Waals surface area contributed by atoms with Crippen LogP contribution in [0, 0.1) is 0 Å². The molecule has 0 aliphatic carbocycles. The van der Waals surface area contributed by atoms with Crippen LogP contribution < -0.4 is 5.48 Å². The van der Waals surface area contributed by atoms with Crippen LogP contribution in [0.25, 0.3) is 0 Å². The molecule has 0 saturated carbocycles. The fourth-order valence-electron chi connectivity index (χ4n) is 0.884. The largest absolute Gasteiger partial charge is 0.341 e. The summed E-state index contributed by atoms with van der Waals surface area (Å²) in [5.74, 6) is -1.30. The summed E-state index contributed by atoms with van der Waals surface area (Å²) in [4.78, 5) is 26.2. The zero-order valence-corrected chi connectivity index (χ0v) is 9.22. The Hall–Kier alpha value is -1.26. The maximum atomic E-state index is 11.4. The van der Waals surface area contributed by atoms with Crippen LogP contribution in [0.4, 0.5) is 0 Å². The average Bonchev–Trinajstić information content (AvgIpc) is 2.14. The molecule has 0 atom stereocenters. The van der Waals surface area contributed by atoms with Crippen LogP contribution in [-0.4, -0.2) is 11.9 Å². The van der Waals surface area contributed by atoms with Crippen LogP contribution in [-0.2, 0) is 9.63 Å². The molecule has 1 amide bonds. The summed E-state index contributed by atoms with van der Waals surface area (Å²) in [6.07, 6.45) is 0. The van der Waals surface area contributed by atoms with Crippen LogP contribution in [0.1, 0.15) is 17.3 Å². The number of benzene rings is 1. The van der Waals surface area contributed by atoms with Crippen molar-refractivity contribution in [1.29, 1.82) is 0 Å². The van der Waals surface area contributed by atoms with Gasteiger partial charge in [0.2, 0.25) is 0 Å². The lowest BCUT2D eigenvalue weighted by Gasteiger charge is -2.06. The molecule has 0 heterocycles. The number of nitrogens with one attached hydrogen (secondary N) is 1. The summed E-state index contributed by atoms with van der Waals surface area (Å²) in [7, 11) is 0. The van der Waals surface area contributed by atoms with Gasteiger partial charge in [0, 0.05) is 6.92 Å². The van der Waals surface area contributed by atoms with Crippen molar-refractivity contribution in [3.8, 4) is 0 Å². The van der Waals surface area contributed by atoms with E-state index in [1.54, 1.807) is 6.07 Å². The lowest BCUT2D eigenvalue weighted by molar-refractivity contribution is -0.146. The smallest absolute Gasteiger partial charge is 0.329 e. The molecule has 4 nitrogen and oxygen atoms in total. The Morgan fingerprint density at radius 1 is 1.27 bits per heavy atom. The summed E-state index contributed by atoms with van der Waals surface area (Å²) in [6.45, 7) is 1.16. The second kappa shape index (κ2) is 5.00. The van der Waals surface area contributed by atoms with Crippen LogP contribution in [0.2, 0.25) is 10.0 Å². The Morgan fingerprint density at radius 2 is 1.80 bits per heavy atom. The Kier molecular flexibility index (Phi) is 3.94. The van der Waals surface area contributed by atoms with Crippen molar-refractivity contribution in [2.75, 3.05) is 0 Å². The third-order valence-corrected chi connectivity index (χ3v) is 2.11. The number of amides is 1. The first-order chi connectivity index (χ1) is 7.02. The van der Waals surface area contributed by atoms with Gasteiger partial charge in [-0.15, -0.1) is 0 Å². The quantitative estimate of drug-likeness (QED) is 0.775. The van der Waals surface area contributed by atoms with Crippen molar-refractivity contribution in [2.45, 2.75) is 6.92 Å². The van der Waals surface area contributed by atoms with E-state index in [1.807, 2.05) is 5.48 Å². The van der Waals surface area contributed by atoms with Gasteiger partial charge in [0.15, 0.2) is 0 Å². The third kappa shape index (κ3) is 3.11. The number of carbonyl (C=O) groups excluding carboxylic acids is 2. The maximum absolute atomic E-state index is 11.4. The molecule has 1 N–H and O–H groups in total. The molecule has 1 aromatic carbocycles. The van der Waals surface area contributed by atoms with E-state index in [1.165, 1.54) is 12.1 Å². The minimum Gasteiger partial charge on any atom is -0.341 e. The number of hydroxylamine groups is 1. The minimum atomic E-state index is -0.666. The second-order valence-corrected chi connectivity index (χ2v) is 3.44. The van der Waals surface area contributed by atoms with Gasteiger partial charge in [-0.2, -0.15) is 5.48 Å². The SMILES string of the molecule is CC(=O)ONC(=O)c1c(Cl)cccc1Cl. The van der Waals surface area contributed by atoms with E-state index in [9.17, 15) is 9.59 Å². The van der Waals surface area contributed by atoms with Crippen molar-refractivity contribution in [3.63, 3.8) is 0 Å². The number of hydrogen-bond acceptors (Lipinski definition) is 3. The van der Waals surface area contributed by atoms with Gasteiger partial charge in [-0.05, 0) is 12.1 Å². The monoisotopic (exact) mass is 247 g/mol. The summed E-state index contributed by atoms with van der Waals surface area (Å²) in [6, 6.07) is 4.62. The number of halogens is 2. The Morgan fingerprint density at radius 3 is 2.27 bits per heavy atom. The van der Waals surface area contributed by atoms with E-state index >= 15 is 0 Å². The van der Waals surface area contributed by atoms with Gasteiger partial charge < -0.3 is 4.84 Å². The number of hydrogen-bond donors (Lipinski definition) is 1. The molecule has 0 fully saturated rings. The number of carbonyl (C=O) groups is 2. The molecule has 15 heavy (non-hydrogen) atoms. The maximum Gasteiger partial charge on any atom is 0.329 e. The molecule has 0 spiro atoms. The lowest BCUT2D eigenvalue weighted by Crippen LogP contribution is -2.26. The molecule has 1 rings (SSSR count). The first kappa shape index (κ1) is 11.8. The molecule has 0 aliphatic heterocycles. The highest BCUT2D eigenvalue weighted by atomic mass is 35.5. The van der Waals surface area contributed by atoms with Gasteiger partial charge in [-0.3, -0.25) is 9.59 Å². The summed E-state index contributed by atoms with van der Waals surface area (Å²) in [5, 5.41) is 0.374. The molecule has 0 saturated heterocycles. The molecule has 0 aromatic heterocycles. The Labute approximate surface area is 96.1 Å². The van der Waals surface area contributed by atoms with E-state index in [0.29, 0.717) is 0 Å². The molecule has 0 radical (unpaired) electrons. The zero-order chi connectivity index (χ0) is 11.4. The van der Waals surface area contributed by atoms with Crippen LogP contribution in [0.15, 0.2) is 18.2 Å². The molecule has 6 heteroatoms. The minimum absolute atomic E-state index is 0.0714. The van der Waals surface area contributed by atoms with Crippen molar-refractivity contribution >= 4 is 35.1 Å². The molecular formula is C9H7Cl2NO3. The molecule has 1 aromatic rings. The standard InChI is InChI=1S/C9H7Cl2NO3/c1-5(13)15-12-9(14)8-6(10)3-2-4-7(8)11/h2-4H,1H3,(H,12,14). The Bertz CT molecular complexity index is 386. The lowest BCUT2D eigenvalue weighted by atomic mass is 10.2. The van der Waals surface area contributed by atoms with E-state index in [4.69, 9.17) is 23.2 Å². The Balaban J connectivity index is 2.86. The van der Waals surface area contributed by atoms with Crippen molar-refractivity contribution < 1.29 is 14.4 Å². The van der Waals surface area contributed by atoms with E-state index < -0.39 is 11.9 Å². The van der Waals surface area contributed by atoms with Crippen LogP contribution >= 0.6 is 23.2 Å². The van der Waals surface area contributed by atoms with Gasteiger partial charge in [-0.25, -0.2) is 0 Å². The highest BCUT2D eigenvalue weighted by Crippen LogP contribution is 2.23. The molecule has 0 unspecified atom stereocenters. The van der Waals surface area contributed by atoms with Crippen molar-refractivity contribution in [3.05, 3.63) is 33.8 Å². The highest BCUT2D eigenvalue weighted by molar-refractivity contribution is 6.39. The van der Waals surface area contributed by atoms with Gasteiger partial charge in [0.25, 0.3) is 5.91 Å². The fraction of sp³-hybridized carbons (Fsp3) is 0.111.